The SMILES string of the molecule is CC(=O)N1C=Cc2ccccc2C1CC(=O)N(C)C1CCNCC1. The lowest BCUT2D eigenvalue weighted by Crippen LogP contribution is -2.45. The number of nitrogens with zero attached hydrogens (tertiary/aromatic N) is 2. The molecule has 1 N–H and O–H groups in total. The van der Waals surface area contributed by atoms with Gasteiger partial charge in [-0.05, 0) is 43.1 Å². The van der Waals surface area contributed by atoms with Crippen LogP contribution in [0.1, 0.15) is 43.4 Å². The van der Waals surface area contributed by atoms with Gasteiger partial charge in [-0.1, -0.05) is 24.3 Å². The molecule has 2 aliphatic heterocycles. The number of piperidine rings is 1. The van der Waals surface area contributed by atoms with Gasteiger partial charge in [-0.15, -0.1) is 0 Å². The third kappa shape index (κ3) is 3.36. The fraction of sp³-hybridized carbons (Fsp3) is 0.474. The highest BCUT2D eigenvalue weighted by molar-refractivity contribution is 5.82. The topological polar surface area (TPSA) is 52.7 Å². The van der Waals surface area contributed by atoms with E-state index in [1.165, 1.54) is 0 Å². The Kier molecular flexibility index (Phi) is 5.00. The van der Waals surface area contributed by atoms with Gasteiger partial charge in [-0.2, -0.15) is 0 Å². The molecule has 0 spiro atoms. The number of hydrogen-bond donors (Lipinski definition) is 1. The van der Waals surface area contributed by atoms with Gasteiger partial charge in [-0.3, -0.25) is 9.59 Å². The molecule has 5 heteroatoms. The third-order valence-corrected chi connectivity index (χ3v) is 5.09. The normalized spacial score (nSPS) is 20.6. The number of carbonyl (C=O) groups excluding carboxylic acids is 2. The molecule has 0 saturated carbocycles. The van der Waals surface area contributed by atoms with E-state index in [0.29, 0.717) is 12.5 Å². The van der Waals surface area contributed by atoms with E-state index in [0.717, 1.165) is 37.1 Å². The zero-order valence-electron chi connectivity index (χ0n) is 14.4. The Morgan fingerprint density at radius 1 is 1.25 bits per heavy atom. The van der Waals surface area contributed by atoms with Gasteiger partial charge in [0.1, 0.15) is 0 Å². The van der Waals surface area contributed by atoms with Crippen LogP contribution in [0.3, 0.4) is 0 Å². The van der Waals surface area contributed by atoms with Crippen LogP contribution in [0.15, 0.2) is 30.5 Å². The average Bonchev–Trinajstić information content (AvgIpc) is 2.61. The van der Waals surface area contributed by atoms with Crippen molar-refractivity contribution >= 4 is 17.9 Å². The van der Waals surface area contributed by atoms with E-state index in [2.05, 4.69) is 5.32 Å². The quantitative estimate of drug-likeness (QED) is 0.926. The minimum atomic E-state index is -0.222. The van der Waals surface area contributed by atoms with Gasteiger partial charge in [0.2, 0.25) is 11.8 Å². The first kappa shape index (κ1) is 16.7. The fourth-order valence-corrected chi connectivity index (χ4v) is 3.62. The van der Waals surface area contributed by atoms with Gasteiger partial charge in [0, 0.05) is 26.2 Å². The molecule has 1 unspecified atom stereocenters. The van der Waals surface area contributed by atoms with Crippen molar-refractivity contribution in [3.63, 3.8) is 0 Å². The lowest BCUT2D eigenvalue weighted by atomic mass is 9.93. The molecule has 1 saturated heterocycles. The van der Waals surface area contributed by atoms with Crippen LogP contribution in [0.2, 0.25) is 0 Å². The van der Waals surface area contributed by atoms with Gasteiger partial charge in [0.15, 0.2) is 0 Å². The van der Waals surface area contributed by atoms with Crippen LogP contribution in [0, 0.1) is 0 Å². The molecule has 1 atom stereocenters. The molecule has 1 aromatic carbocycles. The Labute approximate surface area is 143 Å². The third-order valence-electron chi connectivity index (χ3n) is 5.09. The molecule has 5 nitrogen and oxygen atoms in total. The molecule has 1 fully saturated rings. The second-order valence-electron chi connectivity index (χ2n) is 6.58. The molecule has 128 valence electrons. The van der Waals surface area contributed by atoms with Crippen molar-refractivity contribution in [2.75, 3.05) is 20.1 Å². The molecule has 2 heterocycles. The molecule has 0 aromatic heterocycles. The van der Waals surface area contributed by atoms with E-state index < -0.39 is 0 Å². The molecular weight excluding hydrogens is 302 g/mol. The number of nitrogens with one attached hydrogen (secondary N) is 1. The summed E-state index contributed by atoms with van der Waals surface area (Å²) in [5.41, 5.74) is 2.12. The van der Waals surface area contributed by atoms with Gasteiger partial charge in [-0.25, -0.2) is 0 Å². The second-order valence-corrected chi connectivity index (χ2v) is 6.58. The molecule has 0 bridgehead atoms. The van der Waals surface area contributed by atoms with Crippen LogP contribution < -0.4 is 5.32 Å². The molecule has 0 aliphatic carbocycles. The standard InChI is InChI=1S/C19H25N3O2/c1-14(23)22-12-9-15-5-3-4-6-17(15)18(22)13-19(24)21(2)16-7-10-20-11-8-16/h3-6,9,12,16,18,20H,7-8,10-11,13H2,1-2H3. The molecule has 24 heavy (non-hydrogen) atoms. The van der Waals surface area contributed by atoms with Crippen molar-refractivity contribution in [2.45, 2.75) is 38.3 Å². The fourth-order valence-electron chi connectivity index (χ4n) is 3.62. The van der Waals surface area contributed by atoms with Crippen molar-refractivity contribution in [1.29, 1.82) is 0 Å². The lowest BCUT2D eigenvalue weighted by molar-refractivity contribution is -0.135. The Morgan fingerprint density at radius 2 is 1.96 bits per heavy atom. The van der Waals surface area contributed by atoms with Gasteiger partial charge >= 0.3 is 0 Å². The van der Waals surface area contributed by atoms with Crippen molar-refractivity contribution in [3.8, 4) is 0 Å². The second kappa shape index (κ2) is 7.18. The first-order valence-corrected chi connectivity index (χ1v) is 8.60. The summed E-state index contributed by atoms with van der Waals surface area (Å²) < 4.78 is 0. The zero-order chi connectivity index (χ0) is 17.1. The summed E-state index contributed by atoms with van der Waals surface area (Å²) in [5.74, 6) is 0.0614. The number of rotatable bonds is 3. The number of hydrogen-bond acceptors (Lipinski definition) is 3. The molecule has 1 aromatic rings. The first-order chi connectivity index (χ1) is 11.6. The highest BCUT2D eigenvalue weighted by Crippen LogP contribution is 2.33. The molecular formula is C19H25N3O2. The highest BCUT2D eigenvalue weighted by Gasteiger charge is 2.31. The molecule has 0 radical (unpaired) electrons. The number of benzene rings is 1. The van der Waals surface area contributed by atoms with Crippen molar-refractivity contribution in [3.05, 3.63) is 41.6 Å². The summed E-state index contributed by atoms with van der Waals surface area (Å²) in [6.45, 7) is 3.46. The summed E-state index contributed by atoms with van der Waals surface area (Å²) in [6.07, 6.45) is 6.03. The predicted octanol–water partition coefficient (Wildman–Crippen LogP) is 2.16. The summed E-state index contributed by atoms with van der Waals surface area (Å²) in [6, 6.07) is 8.05. The van der Waals surface area contributed by atoms with E-state index in [1.807, 2.05) is 42.3 Å². The Morgan fingerprint density at radius 3 is 2.67 bits per heavy atom. The maximum Gasteiger partial charge on any atom is 0.225 e. The van der Waals surface area contributed by atoms with E-state index >= 15 is 0 Å². The van der Waals surface area contributed by atoms with Gasteiger partial charge in [0.25, 0.3) is 0 Å². The monoisotopic (exact) mass is 327 g/mol. The van der Waals surface area contributed by atoms with Crippen LogP contribution in [0.5, 0.6) is 0 Å². The van der Waals surface area contributed by atoms with E-state index in [9.17, 15) is 9.59 Å². The molecule has 2 aliphatic rings. The smallest absolute Gasteiger partial charge is 0.225 e. The Hall–Kier alpha value is -2.14. The van der Waals surface area contributed by atoms with Crippen LogP contribution in [0.25, 0.3) is 6.08 Å². The summed E-state index contributed by atoms with van der Waals surface area (Å²) >= 11 is 0. The van der Waals surface area contributed by atoms with Crippen LogP contribution in [-0.4, -0.2) is 47.8 Å². The van der Waals surface area contributed by atoms with E-state index in [-0.39, 0.29) is 17.9 Å². The Balaban J connectivity index is 1.79. The summed E-state index contributed by atoms with van der Waals surface area (Å²) in [7, 11) is 1.89. The average molecular weight is 327 g/mol. The van der Waals surface area contributed by atoms with Crippen molar-refractivity contribution in [2.24, 2.45) is 0 Å². The molecule has 2 amide bonds. The van der Waals surface area contributed by atoms with Crippen molar-refractivity contribution < 1.29 is 9.59 Å². The number of fused-ring (bicyclic) bond motifs is 1. The minimum Gasteiger partial charge on any atom is -0.343 e. The zero-order valence-corrected chi connectivity index (χ0v) is 14.4. The predicted molar refractivity (Wildman–Crippen MR) is 94.0 cm³/mol. The minimum absolute atomic E-state index is 0.0388. The highest BCUT2D eigenvalue weighted by atomic mass is 16.2. The summed E-state index contributed by atoms with van der Waals surface area (Å²) in [4.78, 5) is 28.4. The summed E-state index contributed by atoms with van der Waals surface area (Å²) in [5, 5.41) is 3.32. The maximum absolute atomic E-state index is 12.8. The van der Waals surface area contributed by atoms with Crippen LogP contribution in [-0.2, 0) is 9.59 Å². The van der Waals surface area contributed by atoms with Gasteiger partial charge < -0.3 is 15.1 Å². The Bertz CT molecular complexity index is 650. The van der Waals surface area contributed by atoms with Crippen molar-refractivity contribution in [1.82, 2.24) is 15.1 Å². The number of carbonyl (C=O) groups is 2. The van der Waals surface area contributed by atoms with E-state index in [1.54, 1.807) is 18.0 Å². The van der Waals surface area contributed by atoms with Crippen LogP contribution >= 0.6 is 0 Å². The number of amides is 2. The molecule has 3 rings (SSSR count). The lowest BCUT2D eigenvalue weighted by Gasteiger charge is -2.36. The first-order valence-electron chi connectivity index (χ1n) is 8.60. The maximum atomic E-state index is 12.8. The van der Waals surface area contributed by atoms with Gasteiger partial charge in [0.05, 0.1) is 12.5 Å². The van der Waals surface area contributed by atoms with E-state index in [4.69, 9.17) is 0 Å². The largest absolute Gasteiger partial charge is 0.343 e. The van der Waals surface area contributed by atoms with Crippen LogP contribution in [0.4, 0.5) is 0 Å².